The zero-order valence-electron chi connectivity index (χ0n) is 24.8. The average Bonchev–Trinajstić information content (AvgIpc) is 3.54. The Labute approximate surface area is 264 Å². The molecule has 4 rings (SSSR count). The Hall–Kier alpha value is -4.65. The van der Waals surface area contributed by atoms with Crippen LogP contribution >= 0.6 is 11.3 Å². The number of thiazole rings is 1. The third kappa shape index (κ3) is 8.94. The molecule has 0 aliphatic rings. The maximum absolute atomic E-state index is 13.2. The quantitative estimate of drug-likeness (QED) is 0.123. The van der Waals surface area contributed by atoms with Crippen LogP contribution in [0, 0.1) is 5.92 Å². The largest absolute Gasteiger partial charge is 0.478 e. The van der Waals surface area contributed by atoms with Gasteiger partial charge in [-0.05, 0) is 39.9 Å². The number of nitrogens with one attached hydrogen (secondary N) is 3. The molecule has 1 heterocycles. The Balaban J connectivity index is 1.40. The number of carboxylic acids is 1. The Morgan fingerprint density at radius 3 is 2.27 bits per heavy atom. The van der Waals surface area contributed by atoms with Crippen LogP contribution in [0.15, 0.2) is 77.6 Å². The lowest BCUT2D eigenvalue weighted by Gasteiger charge is -2.26. The predicted molar refractivity (Wildman–Crippen MR) is 169 cm³/mol. The van der Waals surface area contributed by atoms with E-state index < -0.39 is 54.4 Å². The first-order valence-electron chi connectivity index (χ1n) is 14.4. The first-order valence-corrected chi connectivity index (χ1v) is 15.4. The van der Waals surface area contributed by atoms with Gasteiger partial charge < -0.3 is 31.3 Å². The van der Waals surface area contributed by atoms with Gasteiger partial charge in [0.25, 0.3) is 5.91 Å². The zero-order chi connectivity index (χ0) is 32.5. The number of hydrogen-bond acceptors (Lipinski definition) is 8. The van der Waals surface area contributed by atoms with Crippen molar-refractivity contribution in [1.82, 2.24) is 20.9 Å². The Morgan fingerprint density at radius 1 is 0.889 bits per heavy atom. The summed E-state index contributed by atoms with van der Waals surface area (Å²) in [6.45, 7) is 3.66. The minimum Gasteiger partial charge on any atom is -0.478 e. The van der Waals surface area contributed by atoms with Crippen LogP contribution in [0.4, 0.5) is 0 Å². The fraction of sp³-hybridized carbons (Fsp3) is 0.303. The fourth-order valence-corrected chi connectivity index (χ4v) is 5.47. The smallest absolute Gasteiger partial charge is 0.335 e. The van der Waals surface area contributed by atoms with Crippen molar-refractivity contribution in [3.63, 3.8) is 0 Å². The molecule has 0 radical (unpaired) electrons. The van der Waals surface area contributed by atoms with Crippen molar-refractivity contribution in [3.05, 3.63) is 100 Å². The van der Waals surface area contributed by atoms with Gasteiger partial charge in [-0.15, -0.1) is 11.3 Å². The highest BCUT2D eigenvalue weighted by Crippen LogP contribution is 2.25. The molecule has 0 spiro atoms. The summed E-state index contributed by atoms with van der Waals surface area (Å²) < 4.78 is 0. The number of fused-ring (bicyclic) bond motifs is 1. The Bertz CT molecular complexity index is 1620. The molecule has 0 fully saturated rings. The third-order valence-corrected chi connectivity index (χ3v) is 8.03. The molecule has 3 aromatic carbocycles. The van der Waals surface area contributed by atoms with Crippen LogP contribution in [-0.4, -0.2) is 62.2 Å². The molecule has 1 aromatic heterocycles. The van der Waals surface area contributed by atoms with Crippen molar-refractivity contribution >= 4 is 45.8 Å². The van der Waals surface area contributed by atoms with Gasteiger partial charge in [0.15, 0.2) is 6.10 Å². The second-order valence-electron chi connectivity index (χ2n) is 11.1. The van der Waals surface area contributed by atoms with Crippen molar-refractivity contribution in [3.8, 4) is 0 Å². The third-order valence-electron chi connectivity index (χ3n) is 7.40. The number of hydrogen-bond donors (Lipinski definition) is 6. The minimum atomic E-state index is -1.52. The van der Waals surface area contributed by atoms with Gasteiger partial charge in [-0.3, -0.25) is 14.4 Å². The van der Waals surface area contributed by atoms with Gasteiger partial charge in [-0.25, -0.2) is 9.78 Å². The van der Waals surface area contributed by atoms with Crippen molar-refractivity contribution < 1.29 is 34.5 Å². The predicted octanol–water partition coefficient (Wildman–Crippen LogP) is 2.96. The lowest BCUT2D eigenvalue weighted by Crippen LogP contribution is -2.52. The number of nitrogens with zero attached hydrogens (tertiary/aromatic N) is 1. The first kappa shape index (κ1) is 33.2. The molecule has 11 nitrogen and oxygen atoms in total. The molecule has 0 saturated heterocycles. The number of carbonyl (C=O) groups excluding carboxylic acids is 3. The number of benzene rings is 3. The van der Waals surface area contributed by atoms with Gasteiger partial charge in [0, 0.05) is 18.3 Å². The summed E-state index contributed by atoms with van der Waals surface area (Å²) in [5.41, 5.74) is 3.44. The molecule has 1 unspecified atom stereocenters. The molecule has 0 saturated carbocycles. The molecule has 0 aliphatic heterocycles. The van der Waals surface area contributed by atoms with Crippen LogP contribution in [0.2, 0.25) is 0 Å². The lowest BCUT2D eigenvalue weighted by molar-refractivity contribution is -0.133. The SMILES string of the molecule is CC(C)[C@H](NC(=O)C[C@H](O)[C@H](Cc1cscn1)NC(=O)C(O)c1cccc2ccccc12)C(=O)NCc1ccc(C(=O)O)cc1. The summed E-state index contributed by atoms with van der Waals surface area (Å²) >= 11 is 1.35. The van der Waals surface area contributed by atoms with Crippen molar-refractivity contribution in [2.45, 2.75) is 57.5 Å². The normalized spacial score (nSPS) is 13.9. The van der Waals surface area contributed by atoms with Crippen LogP contribution in [0.3, 0.4) is 0 Å². The van der Waals surface area contributed by atoms with E-state index in [4.69, 9.17) is 5.11 Å². The van der Waals surface area contributed by atoms with E-state index in [2.05, 4.69) is 20.9 Å². The Kier molecular flexibility index (Phi) is 11.4. The van der Waals surface area contributed by atoms with Gasteiger partial charge in [0.1, 0.15) is 6.04 Å². The molecule has 0 aliphatic carbocycles. The molecule has 3 amide bonds. The van der Waals surface area contributed by atoms with Crippen LogP contribution in [0.25, 0.3) is 10.8 Å². The average molecular weight is 633 g/mol. The lowest BCUT2D eigenvalue weighted by atomic mass is 9.98. The highest BCUT2D eigenvalue weighted by atomic mass is 32.1. The number of aliphatic hydroxyl groups excluding tert-OH is 2. The minimum absolute atomic E-state index is 0.112. The molecule has 0 bridgehead atoms. The molecule has 45 heavy (non-hydrogen) atoms. The van der Waals surface area contributed by atoms with Crippen molar-refractivity contribution in [2.75, 3.05) is 0 Å². The number of carbonyl (C=O) groups is 4. The van der Waals surface area contributed by atoms with Crippen LogP contribution in [0.1, 0.15) is 53.6 Å². The monoisotopic (exact) mass is 632 g/mol. The van der Waals surface area contributed by atoms with E-state index in [9.17, 15) is 29.4 Å². The second-order valence-corrected chi connectivity index (χ2v) is 11.8. The van der Waals surface area contributed by atoms with Gasteiger partial charge >= 0.3 is 5.97 Å². The van der Waals surface area contributed by atoms with E-state index in [0.29, 0.717) is 22.2 Å². The van der Waals surface area contributed by atoms with E-state index >= 15 is 0 Å². The fourth-order valence-electron chi connectivity index (χ4n) is 4.90. The number of aliphatic hydroxyl groups is 2. The number of aromatic nitrogens is 1. The van der Waals surface area contributed by atoms with E-state index in [0.717, 1.165) is 5.39 Å². The summed E-state index contributed by atoms with van der Waals surface area (Å²) in [5, 5.41) is 42.6. The highest BCUT2D eigenvalue weighted by Gasteiger charge is 2.30. The number of aromatic carboxylic acids is 1. The van der Waals surface area contributed by atoms with E-state index in [1.807, 2.05) is 30.3 Å². The molecular weight excluding hydrogens is 596 g/mol. The number of amides is 3. The van der Waals surface area contributed by atoms with Crippen LogP contribution < -0.4 is 16.0 Å². The van der Waals surface area contributed by atoms with E-state index in [1.165, 1.54) is 23.5 Å². The number of rotatable bonds is 14. The summed E-state index contributed by atoms with van der Waals surface area (Å²) in [6, 6.07) is 16.8. The standard InChI is InChI=1S/C33H36N4O7S/c1-19(2)29(31(41)34-16-20-10-12-22(13-11-20)33(43)44)37-28(39)15-27(38)26(14-23-17-45-18-35-23)36-32(42)30(40)25-9-5-7-21-6-3-4-8-24(21)25/h3-13,17-19,26-27,29-30,38,40H,14-16H2,1-2H3,(H,34,41)(H,36,42)(H,37,39)(H,43,44)/t26-,27-,29-,30?/m0/s1. The zero-order valence-corrected chi connectivity index (χ0v) is 25.7. The number of carboxylic acid groups (broad SMARTS) is 1. The van der Waals surface area contributed by atoms with Gasteiger partial charge in [-0.2, -0.15) is 0 Å². The van der Waals surface area contributed by atoms with Crippen molar-refractivity contribution in [1.29, 1.82) is 0 Å². The first-order chi connectivity index (χ1) is 21.5. The van der Waals surface area contributed by atoms with E-state index in [-0.39, 0.29) is 24.4 Å². The van der Waals surface area contributed by atoms with Crippen LogP contribution in [0.5, 0.6) is 0 Å². The molecular formula is C33H36N4O7S. The summed E-state index contributed by atoms with van der Waals surface area (Å²) in [5.74, 6) is -3.12. The molecule has 6 N–H and O–H groups in total. The summed E-state index contributed by atoms with van der Waals surface area (Å²) in [7, 11) is 0. The summed E-state index contributed by atoms with van der Waals surface area (Å²) in [4.78, 5) is 54.6. The van der Waals surface area contributed by atoms with Crippen molar-refractivity contribution in [2.24, 2.45) is 5.92 Å². The second kappa shape index (κ2) is 15.4. The van der Waals surface area contributed by atoms with Crippen LogP contribution in [-0.2, 0) is 27.3 Å². The van der Waals surface area contributed by atoms with Gasteiger partial charge in [0.05, 0.1) is 35.3 Å². The van der Waals surface area contributed by atoms with E-state index in [1.54, 1.807) is 49.0 Å². The molecule has 4 aromatic rings. The molecule has 4 atom stereocenters. The maximum Gasteiger partial charge on any atom is 0.335 e. The maximum atomic E-state index is 13.2. The van der Waals surface area contributed by atoms with Gasteiger partial charge in [0.2, 0.25) is 11.8 Å². The summed E-state index contributed by atoms with van der Waals surface area (Å²) in [6.07, 6.45) is -3.20. The Morgan fingerprint density at radius 2 is 1.60 bits per heavy atom. The highest BCUT2D eigenvalue weighted by molar-refractivity contribution is 7.07. The van der Waals surface area contributed by atoms with Gasteiger partial charge in [-0.1, -0.05) is 68.4 Å². The topological polar surface area (TPSA) is 178 Å². The molecule has 12 heteroatoms. The molecule has 236 valence electrons.